The van der Waals surface area contributed by atoms with Crippen molar-refractivity contribution in [2.75, 3.05) is 13.8 Å². The summed E-state index contributed by atoms with van der Waals surface area (Å²) in [7, 11) is 1.82. The summed E-state index contributed by atoms with van der Waals surface area (Å²) in [5, 5.41) is 1.02. The summed E-state index contributed by atoms with van der Waals surface area (Å²) in [5.41, 5.74) is 2.95. The van der Waals surface area contributed by atoms with Gasteiger partial charge in [-0.1, -0.05) is 6.07 Å². The number of hydrogen-bond acceptors (Lipinski definition) is 6. The predicted octanol–water partition coefficient (Wildman–Crippen LogP) is 4.19. The van der Waals surface area contributed by atoms with E-state index >= 15 is 0 Å². The zero-order chi connectivity index (χ0) is 19.4. The number of hydrogen-bond donors (Lipinski definition) is 0. The number of carbonyl (C=O) groups excluding carboxylic acids is 1. The molecule has 1 aromatic carbocycles. The third-order valence-electron chi connectivity index (χ3n) is 5.33. The summed E-state index contributed by atoms with van der Waals surface area (Å²) in [6, 6.07) is 5.78. The fourth-order valence-corrected chi connectivity index (χ4v) is 4.88. The van der Waals surface area contributed by atoms with E-state index in [2.05, 4.69) is 4.98 Å². The minimum Gasteiger partial charge on any atom is -0.454 e. The van der Waals surface area contributed by atoms with E-state index in [1.54, 1.807) is 4.90 Å². The van der Waals surface area contributed by atoms with Crippen molar-refractivity contribution in [3.8, 4) is 11.5 Å². The monoisotopic (exact) mass is 395 g/mol. The molecule has 3 aromatic rings. The first-order valence-electron chi connectivity index (χ1n) is 9.43. The summed E-state index contributed by atoms with van der Waals surface area (Å²) in [4.78, 5) is 26.0. The molecule has 0 atom stereocenters. The van der Waals surface area contributed by atoms with Crippen LogP contribution in [0.5, 0.6) is 11.5 Å². The van der Waals surface area contributed by atoms with Crippen LogP contribution in [0, 0.1) is 13.8 Å². The lowest BCUT2D eigenvalue weighted by molar-refractivity contribution is 0.0789. The SMILES string of the molecule is Cc1nc(C2CC2)nc2sc(C(=O)N(C)Cc3ccc4c(c3)OCO4)c(C)c12. The number of fused-ring (bicyclic) bond motifs is 2. The van der Waals surface area contributed by atoms with Crippen molar-refractivity contribution in [1.82, 2.24) is 14.9 Å². The average molecular weight is 395 g/mol. The lowest BCUT2D eigenvalue weighted by Gasteiger charge is -2.17. The second kappa shape index (κ2) is 6.44. The Morgan fingerprint density at radius 2 is 2.00 bits per heavy atom. The molecule has 3 heterocycles. The van der Waals surface area contributed by atoms with Crippen molar-refractivity contribution in [2.45, 2.75) is 39.2 Å². The van der Waals surface area contributed by atoms with Gasteiger partial charge in [-0.15, -0.1) is 11.3 Å². The molecule has 0 saturated heterocycles. The Bertz CT molecular complexity index is 1100. The lowest BCUT2D eigenvalue weighted by atomic mass is 10.1. The van der Waals surface area contributed by atoms with Crippen molar-refractivity contribution in [3.63, 3.8) is 0 Å². The molecule has 1 fully saturated rings. The molecule has 2 aromatic heterocycles. The van der Waals surface area contributed by atoms with Gasteiger partial charge in [0, 0.05) is 24.9 Å². The maximum absolute atomic E-state index is 13.1. The number of thiophene rings is 1. The van der Waals surface area contributed by atoms with Gasteiger partial charge in [-0.2, -0.15) is 0 Å². The van der Waals surface area contributed by atoms with Crippen LogP contribution in [0.15, 0.2) is 18.2 Å². The molecule has 7 heteroatoms. The Balaban J connectivity index is 1.43. The second-order valence-corrected chi connectivity index (χ2v) is 8.53. The summed E-state index contributed by atoms with van der Waals surface area (Å²) in [6.07, 6.45) is 2.33. The van der Waals surface area contributed by atoms with Gasteiger partial charge in [0.2, 0.25) is 6.79 Å². The highest BCUT2D eigenvalue weighted by Crippen LogP contribution is 2.40. The van der Waals surface area contributed by atoms with Crippen LogP contribution >= 0.6 is 11.3 Å². The van der Waals surface area contributed by atoms with Gasteiger partial charge in [-0.3, -0.25) is 4.79 Å². The molecule has 1 aliphatic carbocycles. The normalized spacial score (nSPS) is 15.2. The molecule has 0 bridgehead atoms. The van der Waals surface area contributed by atoms with Gasteiger partial charge in [0.25, 0.3) is 5.91 Å². The Labute approximate surface area is 167 Å². The van der Waals surface area contributed by atoms with Crippen molar-refractivity contribution >= 4 is 27.5 Å². The van der Waals surface area contributed by atoms with Crippen LogP contribution in [0.3, 0.4) is 0 Å². The van der Waals surface area contributed by atoms with E-state index in [0.29, 0.717) is 12.5 Å². The zero-order valence-electron chi connectivity index (χ0n) is 16.1. The largest absolute Gasteiger partial charge is 0.454 e. The average Bonchev–Trinajstić information content (AvgIpc) is 3.33. The van der Waals surface area contributed by atoms with E-state index in [9.17, 15) is 4.79 Å². The third kappa shape index (κ3) is 2.90. The molecule has 0 N–H and O–H groups in total. The summed E-state index contributed by atoms with van der Waals surface area (Å²) in [6.45, 7) is 4.76. The van der Waals surface area contributed by atoms with Crippen LogP contribution in [0.1, 0.15) is 51.1 Å². The number of aryl methyl sites for hydroxylation is 2. The van der Waals surface area contributed by atoms with Crippen molar-refractivity contribution in [1.29, 1.82) is 0 Å². The molecule has 0 unspecified atom stereocenters. The maximum Gasteiger partial charge on any atom is 0.264 e. The molecule has 5 rings (SSSR count). The Hall–Kier alpha value is -2.67. The lowest BCUT2D eigenvalue weighted by Crippen LogP contribution is -2.25. The van der Waals surface area contributed by atoms with Crippen LogP contribution < -0.4 is 9.47 Å². The minimum atomic E-state index is 0.00513. The molecule has 28 heavy (non-hydrogen) atoms. The fraction of sp³-hybridized carbons (Fsp3) is 0.381. The second-order valence-electron chi connectivity index (χ2n) is 7.53. The Morgan fingerprint density at radius 3 is 2.79 bits per heavy atom. The van der Waals surface area contributed by atoms with Gasteiger partial charge in [0.1, 0.15) is 10.7 Å². The van der Waals surface area contributed by atoms with Gasteiger partial charge in [0.05, 0.1) is 10.6 Å². The highest BCUT2D eigenvalue weighted by Gasteiger charge is 2.29. The van der Waals surface area contributed by atoms with E-state index in [-0.39, 0.29) is 12.7 Å². The molecular formula is C21H21N3O3S. The highest BCUT2D eigenvalue weighted by atomic mass is 32.1. The van der Waals surface area contributed by atoms with Gasteiger partial charge >= 0.3 is 0 Å². The number of ether oxygens (including phenoxy) is 2. The van der Waals surface area contributed by atoms with E-state index in [4.69, 9.17) is 14.5 Å². The van der Waals surface area contributed by atoms with Crippen molar-refractivity contribution in [3.05, 3.63) is 45.7 Å². The molecule has 0 spiro atoms. The first-order chi connectivity index (χ1) is 13.5. The van der Waals surface area contributed by atoms with Gasteiger partial charge < -0.3 is 14.4 Å². The number of benzene rings is 1. The quantitative estimate of drug-likeness (QED) is 0.663. The van der Waals surface area contributed by atoms with E-state index in [0.717, 1.165) is 49.2 Å². The summed E-state index contributed by atoms with van der Waals surface area (Å²) in [5.74, 6) is 2.91. The molecule has 0 radical (unpaired) electrons. The van der Waals surface area contributed by atoms with Crippen molar-refractivity contribution in [2.24, 2.45) is 0 Å². The zero-order valence-corrected chi connectivity index (χ0v) is 16.9. The molecule has 144 valence electrons. The van der Waals surface area contributed by atoms with Gasteiger partial charge in [-0.25, -0.2) is 9.97 Å². The van der Waals surface area contributed by atoms with Crippen molar-refractivity contribution < 1.29 is 14.3 Å². The predicted molar refractivity (Wildman–Crippen MR) is 107 cm³/mol. The smallest absolute Gasteiger partial charge is 0.264 e. The number of nitrogens with zero attached hydrogens (tertiary/aromatic N) is 3. The number of aromatic nitrogens is 2. The Kier molecular flexibility index (Phi) is 4.01. The van der Waals surface area contributed by atoms with Crippen LogP contribution in [0.25, 0.3) is 10.2 Å². The topological polar surface area (TPSA) is 64.6 Å². The molecule has 2 aliphatic rings. The van der Waals surface area contributed by atoms with Gasteiger partial charge in [-0.05, 0) is 49.9 Å². The van der Waals surface area contributed by atoms with E-state index in [1.807, 2.05) is 39.1 Å². The molecule has 1 aliphatic heterocycles. The molecule has 1 saturated carbocycles. The Morgan fingerprint density at radius 1 is 1.21 bits per heavy atom. The molecule has 6 nitrogen and oxygen atoms in total. The first-order valence-corrected chi connectivity index (χ1v) is 10.2. The third-order valence-corrected chi connectivity index (χ3v) is 6.50. The maximum atomic E-state index is 13.1. The van der Waals surface area contributed by atoms with Crippen LogP contribution in [-0.2, 0) is 6.54 Å². The first kappa shape index (κ1) is 17.4. The summed E-state index contributed by atoms with van der Waals surface area (Å²) < 4.78 is 10.8. The minimum absolute atomic E-state index is 0.00513. The van der Waals surface area contributed by atoms with Crippen LogP contribution in [0.4, 0.5) is 0 Å². The van der Waals surface area contributed by atoms with E-state index < -0.39 is 0 Å². The summed E-state index contributed by atoms with van der Waals surface area (Å²) >= 11 is 1.48. The number of rotatable bonds is 4. The van der Waals surface area contributed by atoms with Crippen LogP contribution in [-0.4, -0.2) is 34.6 Å². The van der Waals surface area contributed by atoms with Gasteiger partial charge in [0.15, 0.2) is 11.5 Å². The molecule has 1 amide bonds. The molecular weight excluding hydrogens is 374 g/mol. The number of carbonyl (C=O) groups is 1. The standard InChI is InChI=1S/C21H21N3O3S/c1-11-17-12(2)22-19(14-5-6-14)23-20(17)28-18(11)21(25)24(3)9-13-4-7-15-16(8-13)27-10-26-15/h4,7-8,14H,5-6,9-10H2,1-3H3. The highest BCUT2D eigenvalue weighted by molar-refractivity contribution is 7.20. The van der Waals surface area contributed by atoms with Crippen LogP contribution in [0.2, 0.25) is 0 Å². The number of amides is 1. The fourth-order valence-electron chi connectivity index (χ4n) is 3.65. The van der Waals surface area contributed by atoms with E-state index in [1.165, 1.54) is 24.2 Å².